The van der Waals surface area contributed by atoms with Crippen LogP contribution in [0.2, 0.25) is 0 Å². The van der Waals surface area contributed by atoms with Gasteiger partial charge in [0, 0.05) is 20.1 Å². The van der Waals surface area contributed by atoms with Crippen molar-refractivity contribution in [2.24, 2.45) is 7.05 Å². The summed E-state index contributed by atoms with van der Waals surface area (Å²) in [5.41, 5.74) is -0.599. The van der Waals surface area contributed by atoms with E-state index in [1.54, 1.807) is 0 Å². The van der Waals surface area contributed by atoms with Crippen LogP contribution in [0.25, 0.3) is 0 Å². The number of amides is 1. The first kappa shape index (κ1) is 18.4. The lowest BCUT2D eigenvalue weighted by Crippen LogP contribution is -2.57. The first-order chi connectivity index (χ1) is 12.1. The molecule has 0 N–H and O–H groups in total. The van der Waals surface area contributed by atoms with Crippen LogP contribution in [0.4, 0.5) is 13.2 Å². The molecule has 1 aromatic carbocycles. The molecule has 0 saturated carbocycles. The third-order valence-electron chi connectivity index (χ3n) is 4.17. The highest BCUT2D eigenvalue weighted by atomic mass is 32.2. The third kappa shape index (κ3) is 3.43. The standard InChI is InChI=1S/C15H15F3N4O3S/c1-21-9-19-20-14(21)26(24,25)12-7-22(8-12)13(23)6-10-3-2-4-11(5-10)15(16,17)18/h2-5,9,12H,6-8H2,1H3. The Bertz CT molecular complexity index is 934. The molecular formula is C15H15F3N4O3S. The minimum atomic E-state index is -4.48. The van der Waals surface area contributed by atoms with Crippen molar-refractivity contribution in [3.63, 3.8) is 0 Å². The van der Waals surface area contributed by atoms with Gasteiger partial charge in [-0.2, -0.15) is 13.2 Å². The summed E-state index contributed by atoms with van der Waals surface area (Å²) >= 11 is 0. The maximum absolute atomic E-state index is 12.7. The van der Waals surface area contributed by atoms with E-state index < -0.39 is 32.7 Å². The zero-order chi connectivity index (χ0) is 19.1. The Kier molecular flexibility index (Phi) is 4.51. The van der Waals surface area contributed by atoms with Gasteiger partial charge in [-0.05, 0) is 11.6 Å². The highest BCUT2D eigenvalue weighted by Crippen LogP contribution is 2.30. The van der Waals surface area contributed by atoms with Gasteiger partial charge in [0.25, 0.3) is 0 Å². The highest BCUT2D eigenvalue weighted by Gasteiger charge is 2.42. The van der Waals surface area contributed by atoms with Crippen molar-refractivity contribution in [2.75, 3.05) is 13.1 Å². The molecule has 0 aliphatic carbocycles. The van der Waals surface area contributed by atoms with Gasteiger partial charge in [0.15, 0.2) is 0 Å². The molecule has 26 heavy (non-hydrogen) atoms. The summed E-state index contributed by atoms with van der Waals surface area (Å²) in [6.07, 6.45) is -3.44. The Balaban J connectivity index is 1.63. The van der Waals surface area contributed by atoms with E-state index in [1.807, 2.05) is 0 Å². The first-order valence-electron chi connectivity index (χ1n) is 7.61. The van der Waals surface area contributed by atoms with Crippen LogP contribution in [0, 0.1) is 0 Å². The average Bonchev–Trinajstić information content (AvgIpc) is 2.91. The predicted octanol–water partition coefficient (Wildman–Crippen LogP) is 1.06. The van der Waals surface area contributed by atoms with E-state index >= 15 is 0 Å². The van der Waals surface area contributed by atoms with E-state index in [1.165, 1.54) is 35.0 Å². The molecule has 7 nitrogen and oxygen atoms in total. The number of halogens is 3. The Morgan fingerprint density at radius 3 is 2.58 bits per heavy atom. The Hall–Kier alpha value is -2.43. The lowest BCUT2D eigenvalue weighted by molar-refractivity contribution is -0.138. The molecule has 2 aromatic rings. The molecular weight excluding hydrogens is 373 g/mol. The normalized spacial score (nSPS) is 15.8. The topological polar surface area (TPSA) is 85.2 Å². The van der Waals surface area contributed by atoms with E-state index in [0.29, 0.717) is 0 Å². The SMILES string of the molecule is Cn1cnnc1S(=O)(=O)C1CN(C(=O)Cc2cccc(C(F)(F)F)c2)C1. The summed E-state index contributed by atoms with van der Waals surface area (Å²) in [4.78, 5) is 13.5. The molecule has 1 aliphatic rings. The molecule has 3 rings (SSSR count). The van der Waals surface area contributed by atoms with Crippen molar-refractivity contribution in [1.29, 1.82) is 0 Å². The van der Waals surface area contributed by atoms with Crippen molar-refractivity contribution < 1.29 is 26.4 Å². The van der Waals surface area contributed by atoms with E-state index in [2.05, 4.69) is 10.2 Å². The second-order valence-electron chi connectivity index (χ2n) is 6.07. The van der Waals surface area contributed by atoms with Crippen LogP contribution in [0.5, 0.6) is 0 Å². The molecule has 2 heterocycles. The number of carbonyl (C=O) groups excluding carboxylic acids is 1. The average molecular weight is 388 g/mol. The summed E-state index contributed by atoms with van der Waals surface area (Å²) in [5.74, 6) is -0.422. The Morgan fingerprint density at radius 2 is 2.00 bits per heavy atom. The van der Waals surface area contributed by atoms with E-state index in [0.717, 1.165) is 12.1 Å². The molecule has 1 saturated heterocycles. The lowest BCUT2D eigenvalue weighted by atomic mass is 10.1. The largest absolute Gasteiger partial charge is 0.416 e. The third-order valence-corrected chi connectivity index (χ3v) is 6.23. The van der Waals surface area contributed by atoms with Crippen molar-refractivity contribution in [3.8, 4) is 0 Å². The fourth-order valence-corrected chi connectivity index (χ4v) is 4.32. The van der Waals surface area contributed by atoms with Gasteiger partial charge in [-0.3, -0.25) is 4.79 Å². The van der Waals surface area contributed by atoms with Gasteiger partial charge < -0.3 is 9.47 Å². The van der Waals surface area contributed by atoms with Gasteiger partial charge in [-0.15, -0.1) is 10.2 Å². The zero-order valence-electron chi connectivity index (χ0n) is 13.6. The Morgan fingerprint density at radius 1 is 1.31 bits per heavy atom. The molecule has 0 bridgehead atoms. The van der Waals surface area contributed by atoms with Gasteiger partial charge >= 0.3 is 6.18 Å². The lowest BCUT2D eigenvalue weighted by Gasteiger charge is -2.38. The number of nitrogens with zero attached hydrogens (tertiary/aromatic N) is 4. The summed E-state index contributed by atoms with van der Waals surface area (Å²) in [7, 11) is -2.21. The number of aryl methyl sites for hydroxylation is 1. The van der Waals surface area contributed by atoms with Gasteiger partial charge in [0.05, 0.1) is 12.0 Å². The number of alkyl halides is 3. The molecule has 1 aromatic heterocycles. The van der Waals surface area contributed by atoms with Gasteiger partial charge in [-0.25, -0.2) is 8.42 Å². The molecule has 0 unspecified atom stereocenters. The maximum atomic E-state index is 12.7. The quantitative estimate of drug-likeness (QED) is 0.782. The summed E-state index contributed by atoms with van der Waals surface area (Å²) < 4.78 is 64.2. The molecule has 140 valence electrons. The van der Waals surface area contributed by atoms with Crippen LogP contribution in [-0.2, 0) is 34.3 Å². The second kappa shape index (κ2) is 6.38. The van der Waals surface area contributed by atoms with Crippen molar-refractivity contribution in [3.05, 3.63) is 41.7 Å². The second-order valence-corrected chi connectivity index (χ2v) is 8.19. The van der Waals surface area contributed by atoms with Gasteiger partial charge in [0.1, 0.15) is 11.6 Å². The van der Waals surface area contributed by atoms with E-state index in [4.69, 9.17) is 0 Å². The molecule has 11 heteroatoms. The van der Waals surface area contributed by atoms with Crippen molar-refractivity contribution in [2.45, 2.75) is 23.0 Å². The minimum absolute atomic E-state index is 0.0208. The number of hydrogen-bond acceptors (Lipinski definition) is 5. The van der Waals surface area contributed by atoms with Crippen LogP contribution in [0.3, 0.4) is 0 Å². The Labute approximate surface area is 147 Å². The van der Waals surface area contributed by atoms with E-state index in [-0.39, 0.29) is 30.2 Å². The number of sulfone groups is 1. The maximum Gasteiger partial charge on any atom is 0.416 e. The van der Waals surface area contributed by atoms with E-state index in [9.17, 15) is 26.4 Å². The number of aromatic nitrogens is 3. The number of hydrogen-bond donors (Lipinski definition) is 0. The van der Waals surface area contributed by atoms with Crippen molar-refractivity contribution in [1.82, 2.24) is 19.7 Å². The first-order valence-corrected chi connectivity index (χ1v) is 9.15. The predicted molar refractivity (Wildman–Crippen MR) is 83.7 cm³/mol. The highest BCUT2D eigenvalue weighted by molar-refractivity contribution is 7.92. The number of benzene rings is 1. The molecule has 0 radical (unpaired) electrons. The number of rotatable bonds is 4. The molecule has 0 spiro atoms. The minimum Gasteiger partial charge on any atom is -0.340 e. The van der Waals surface area contributed by atoms with Crippen LogP contribution < -0.4 is 0 Å². The smallest absolute Gasteiger partial charge is 0.340 e. The van der Waals surface area contributed by atoms with Crippen LogP contribution in [0.15, 0.2) is 35.7 Å². The van der Waals surface area contributed by atoms with Gasteiger partial charge in [0.2, 0.25) is 20.9 Å². The monoisotopic (exact) mass is 388 g/mol. The molecule has 1 aliphatic heterocycles. The summed E-state index contributed by atoms with van der Waals surface area (Å²) in [6.45, 7) is -0.0417. The number of likely N-dealkylation sites (tertiary alicyclic amines) is 1. The van der Waals surface area contributed by atoms with Crippen LogP contribution in [0.1, 0.15) is 11.1 Å². The van der Waals surface area contributed by atoms with Crippen LogP contribution in [-0.4, -0.2) is 52.3 Å². The van der Waals surface area contributed by atoms with Gasteiger partial charge in [-0.1, -0.05) is 18.2 Å². The fourth-order valence-electron chi connectivity index (χ4n) is 2.66. The molecule has 0 atom stereocenters. The zero-order valence-corrected chi connectivity index (χ0v) is 14.5. The molecule has 1 amide bonds. The number of carbonyl (C=O) groups is 1. The molecule has 1 fully saturated rings. The summed E-state index contributed by atoms with van der Waals surface area (Å²) in [5, 5.41) is 6.13. The summed E-state index contributed by atoms with van der Waals surface area (Å²) in [6, 6.07) is 4.52. The van der Waals surface area contributed by atoms with Crippen LogP contribution >= 0.6 is 0 Å². The van der Waals surface area contributed by atoms with Crippen molar-refractivity contribution >= 4 is 15.7 Å². The fraction of sp³-hybridized carbons (Fsp3) is 0.400.